The van der Waals surface area contributed by atoms with Gasteiger partial charge < -0.3 is 15.7 Å². The molecule has 110 valence electrons. The minimum atomic E-state index is -1.12. The minimum Gasteiger partial charge on any atom is -0.478 e. The van der Waals surface area contributed by atoms with Crippen LogP contribution < -0.4 is 10.6 Å². The maximum absolute atomic E-state index is 11.7. The molecule has 4 N–H and O–H groups in total. The largest absolute Gasteiger partial charge is 0.478 e. The van der Waals surface area contributed by atoms with Crippen LogP contribution in [0.15, 0.2) is 24.4 Å². The number of anilines is 1. The molecule has 0 atom stereocenters. The molecule has 0 spiro atoms. The number of carbonyl (C=O) groups excluding carboxylic acids is 1. The van der Waals surface area contributed by atoms with Crippen LogP contribution in [0.3, 0.4) is 0 Å². The molecule has 1 aromatic heterocycles. The third-order valence-electron chi connectivity index (χ3n) is 2.83. The first-order chi connectivity index (χ1) is 9.97. The van der Waals surface area contributed by atoms with Crippen LogP contribution in [0.25, 0.3) is 0 Å². The highest BCUT2D eigenvalue weighted by atomic mass is 35.5. The number of carboxylic acid groups (broad SMARTS) is 1. The van der Waals surface area contributed by atoms with Gasteiger partial charge >= 0.3 is 12.0 Å². The lowest BCUT2D eigenvalue weighted by Gasteiger charge is -2.08. The number of carboxylic acids is 1. The number of amides is 2. The van der Waals surface area contributed by atoms with E-state index in [0.29, 0.717) is 12.2 Å². The third-order valence-corrected chi connectivity index (χ3v) is 3.14. The molecule has 1 heterocycles. The van der Waals surface area contributed by atoms with Gasteiger partial charge in [-0.2, -0.15) is 5.10 Å². The maximum Gasteiger partial charge on any atom is 0.337 e. The van der Waals surface area contributed by atoms with Gasteiger partial charge in [0.05, 0.1) is 16.8 Å². The number of urea groups is 1. The smallest absolute Gasteiger partial charge is 0.337 e. The molecule has 0 radical (unpaired) electrons. The number of aromatic amines is 1. The van der Waals surface area contributed by atoms with Crippen molar-refractivity contribution >= 4 is 29.3 Å². The number of benzene rings is 1. The van der Waals surface area contributed by atoms with E-state index in [9.17, 15) is 9.59 Å². The predicted molar refractivity (Wildman–Crippen MR) is 77.6 cm³/mol. The highest BCUT2D eigenvalue weighted by Gasteiger charge is 2.10. The van der Waals surface area contributed by atoms with Gasteiger partial charge in [0.1, 0.15) is 0 Å². The Bertz CT molecular complexity index is 684. The summed E-state index contributed by atoms with van der Waals surface area (Å²) >= 11 is 5.82. The van der Waals surface area contributed by atoms with Crippen LogP contribution in [-0.4, -0.2) is 27.3 Å². The number of nitrogens with one attached hydrogen (secondary N) is 3. The molecule has 0 saturated carbocycles. The molecule has 0 fully saturated rings. The molecule has 7 nitrogen and oxygen atoms in total. The van der Waals surface area contributed by atoms with Crippen LogP contribution in [0.5, 0.6) is 0 Å². The van der Waals surface area contributed by atoms with Gasteiger partial charge in [-0.1, -0.05) is 11.6 Å². The van der Waals surface area contributed by atoms with Crippen molar-refractivity contribution in [1.29, 1.82) is 0 Å². The SMILES string of the molecule is Cc1[nH]ncc1CNC(=O)Nc1ccc(C(=O)O)c(Cl)c1. The van der Waals surface area contributed by atoms with E-state index in [2.05, 4.69) is 20.8 Å². The average Bonchev–Trinajstić information content (AvgIpc) is 2.81. The number of rotatable bonds is 4. The van der Waals surface area contributed by atoms with E-state index in [1.54, 1.807) is 6.20 Å². The van der Waals surface area contributed by atoms with Gasteiger partial charge in [-0.3, -0.25) is 5.10 Å². The Morgan fingerprint density at radius 2 is 2.19 bits per heavy atom. The fourth-order valence-electron chi connectivity index (χ4n) is 1.67. The number of hydrogen-bond acceptors (Lipinski definition) is 3. The zero-order chi connectivity index (χ0) is 15.4. The summed E-state index contributed by atoms with van der Waals surface area (Å²) in [5.74, 6) is -1.12. The minimum absolute atomic E-state index is 0.0170. The summed E-state index contributed by atoms with van der Waals surface area (Å²) in [6, 6.07) is 3.77. The summed E-state index contributed by atoms with van der Waals surface area (Å²) in [5.41, 5.74) is 2.15. The van der Waals surface area contributed by atoms with Crippen molar-refractivity contribution in [3.05, 3.63) is 46.2 Å². The second kappa shape index (κ2) is 6.27. The number of aromatic carboxylic acids is 1. The summed E-state index contributed by atoms with van der Waals surface area (Å²) in [6.07, 6.45) is 1.63. The highest BCUT2D eigenvalue weighted by Crippen LogP contribution is 2.20. The second-order valence-electron chi connectivity index (χ2n) is 4.33. The molecular weight excluding hydrogens is 296 g/mol. The first-order valence-corrected chi connectivity index (χ1v) is 6.41. The van der Waals surface area contributed by atoms with Crippen LogP contribution in [0.4, 0.5) is 10.5 Å². The van der Waals surface area contributed by atoms with Crippen LogP contribution in [0, 0.1) is 6.92 Å². The van der Waals surface area contributed by atoms with Crippen molar-refractivity contribution < 1.29 is 14.7 Å². The molecule has 0 aliphatic carbocycles. The zero-order valence-corrected chi connectivity index (χ0v) is 11.9. The summed E-state index contributed by atoms with van der Waals surface area (Å²) in [4.78, 5) is 22.6. The molecule has 2 amide bonds. The van der Waals surface area contributed by atoms with Crippen molar-refractivity contribution in [3.63, 3.8) is 0 Å². The molecule has 0 aliphatic heterocycles. The number of hydrogen-bond donors (Lipinski definition) is 4. The van der Waals surface area contributed by atoms with Crippen molar-refractivity contribution in [2.24, 2.45) is 0 Å². The van der Waals surface area contributed by atoms with Gasteiger partial charge in [0.25, 0.3) is 0 Å². The Labute approximate surface area is 125 Å². The van der Waals surface area contributed by atoms with E-state index >= 15 is 0 Å². The molecule has 2 rings (SSSR count). The molecule has 0 saturated heterocycles. The van der Waals surface area contributed by atoms with E-state index in [-0.39, 0.29) is 10.6 Å². The number of aryl methyl sites for hydroxylation is 1. The van der Waals surface area contributed by atoms with Gasteiger partial charge in [0.15, 0.2) is 0 Å². The van der Waals surface area contributed by atoms with E-state index in [1.807, 2.05) is 6.92 Å². The Kier molecular flexibility index (Phi) is 4.44. The summed E-state index contributed by atoms with van der Waals surface area (Å²) < 4.78 is 0. The number of nitrogens with zero attached hydrogens (tertiary/aromatic N) is 1. The fourth-order valence-corrected chi connectivity index (χ4v) is 1.93. The Balaban J connectivity index is 1.95. The van der Waals surface area contributed by atoms with Crippen LogP contribution in [0.2, 0.25) is 5.02 Å². The topological polar surface area (TPSA) is 107 Å². The third kappa shape index (κ3) is 3.73. The Morgan fingerprint density at radius 1 is 1.43 bits per heavy atom. The first kappa shape index (κ1) is 14.9. The standard InChI is InChI=1S/C13H13ClN4O3/c1-7-8(6-16-18-7)5-15-13(21)17-9-2-3-10(12(19)20)11(14)4-9/h2-4,6H,5H2,1H3,(H,16,18)(H,19,20)(H2,15,17,21). The van der Waals surface area contributed by atoms with E-state index in [1.165, 1.54) is 18.2 Å². The number of aromatic nitrogens is 2. The van der Waals surface area contributed by atoms with Gasteiger partial charge in [0, 0.05) is 23.5 Å². The van der Waals surface area contributed by atoms with Crippen molar-refractivity contribution in [3.8, 4) is 0 Å². The lowest BCUT2D eigenvalue weighted by Crippen LogP contribution is -2.28. The van der Waals surface area contributed by atoms with Gasteiger partial charge in [-0.05, 0) is 25.1 Å². The summed E-state index contributed by atoms with van der Waals surface area (Å²) in [7, 11) is 0. The molecule has 21 heavy (non-hydrogen) atoms. The van der Waals surface area contributed by atoms with Crippen LogP contribution in [0.1, 0.15) is 21.6 Å². The molecule has 0 unspecified atom stereocenters. The Hall–Kier alpha value is -2.54. The normalized spacial score (nSPS) is 10.2. The van der Waals surface area contributed by atoms with Gasteiger partial charge in [-0.15, -0.1) is 0 Å². The molecule has 0 aliphatic rings. The van der Waals surface area contributed by atoms with E-state index in [0.717, 1.165) is 11.3 Å². The first-order valence-electron chi connectivity index (χ1n) is 6.04. The molecule has 1 aromatic carbocycles. The fraction of sp³-hybridized carbons (Fsp3) is 0.154. The lowest BCUT2D eigenvalue weighted by atomic mass is 10.2. The monoisotopic (exact) mass is 308 g/mol. The van der Waals surface area contributed by atoms with E-state index in [4.69, 9.17) is 16.7 Å². The molecule has 0 bridgehead atoms. The summed E-state index contributed by atoms with van der Waals surface area (Å²) in [6.45, 7) is 2.18. The van der Waals surface area contributed by atoms with Gasteiger partial charge in [0.2, 0.25) is 0 Å². The molecule has 2 aromatic rings. The van der Waals surface area contributed by atoms with Crippen molar-refractivity contribution in [2.75, 3.05) is 5.32 Å². The van der Waals surface area contributed by atoms with Crippen molar-refractivity contribution in [1.82, 2.24) is 15.5 Å². The van der Waals surface area contributed by atoms with E-state index < -0.39 is 12.0 Å². The second-order valence-corrected chi connectivity index (χ2v) is 4.73. The maximum atomic E-state index is 11.7. The van der Waals surface area contributed by atoms with Crippen molar-refractivity contribution in [2.45, 2.75) is 13.5 Å². The quantitative estimate of drug-likeness (QED) is 0.695. The molecular formula is C13H13ClN4O3. The predicted octanol–water partition coefficient (Wildman–Crippen LogP) is 2.39. The number of H-pyrrole nitrogens is 1. The number of carbonyl (C=O) groups is 2. The summed E-state index contributed by atoms with van der Waals surface area (Å²) in [5, 5.41) is 20.8. The van der Waals surface area contributed by atoms with Gasteiger partial charge in [-0.25, -0.2) is 9.59 Å². The average molecular weight is 309 g/mol. The number of halogens is 1. The van der Waals surface area contributed by atoms with Crippen LogP contribution >= 0.6 is 11.6 Å². The lowest BCUT2D eigenvalue weighted by molar-refractivity contribution is 0.0697. The highest BCUT2D eigenvalue weighted by molar-refractivity contribution is 6.33. The zero-order valence-electron chi connectivity index (χ0n) is 11.1. The van der Waals surface area contributed by atoms with Crippen LogP contribution in [-0.2, 0) is 6.54 Å². The molecule has 8 heteroatoms. The Morgan fingerprint density at radius 3 is 2.76 bits per heavy atom.